The molecule has 0 radical (unpaired) electrons. The molecule has 2 aromatic rings. The Bertz CT molecular complexity index is 473. The summed E-state index contributed by atoms with van der Waals surface area (Å²) in [7, 11) is 0. The van der Waals surface area contributed by atoms with Gasteiger partial charge in [-0.3, -0.25) is 0 Å². The summed E-state index contributed by atoms with van der Waals surface area (Å²) >= 11 is 0. The Morgan fingerprint density at radius 1 is 0.944 bits per heavy atom. The molecular formula is C15H16FNO. The molecule has 0 heterocycles. The van der Waals surface area contributed by atoms with Gasteiger partial charge in [0.05, 0.1) is 6.61 Å². The van der Waals surface area contributed by atoms with Gasteiger partial charge in [-0.2, -0.15) is 0 Å². The molecule has 3 heteroatoms. The molecule has 0 saturated heterocycles. The van der Waals surface area contributed by atoms with E-state index in [-0.39, 0.29) is 5.82 Å². The minimum absolute atomic E-state index is 0.312. The highest BCUT2D eigenvalue weighted by Crippen LogP contribution is 2.15. The molecule has 0 atom stereocenters. The number of hydrogen-bond donors (Lipinski definition) is 1. The molecule has 2 aromatic carbocycles. The quantitative estimate of drug-likeness (QED) is 0.783. The second kappa shape index (κ2) is 6.64. The van der Waals surface area contributed by atoms with Crippen molar-refractivity contribution < 1.29 is 9.13 Å². The van der Waals surface area contributed by atoms with Crippen LogP contribution in [0.25, 0.3) is 0 Å². The van der Waals surface area contributed by atoms with Crippen LogP contribution in [0.1, 0.15) is 6.42 Å². The molecule has 0 fully saturated rings. The van der Waals surface area contributed by atoms with Crippen LogP contribution in [0.2, 0.25) is 0 Å². The van der Waals surface area contributed by atoms with E-state index in [1.54, 1.807) is 18.2 Å². The molecule has 0 spiro atoms. The number of para-hydroxylation sites is 2. The molecule has 0 aliphatic rings. The topological polar surface area (TPSA) is 21.3 Å². The molecule has 94 valence electrons. The minimum atomic E-state index is -0.312. The van der Waals surface area contributed by atoms with E-state index in [4.69, 9.17) is 4.74 Å². The van der Waals surface area contributed by atoms with Crippen LogP contribution in [-0.2, 0) is 0 Å². The van der Waals surface area contributed by atoms with Gasteiger partial charge in [0.2, 0.25) is 0 Å². The van der Waals surface area contributed by atoms with Crippen LogP contribution in [0.15, 0.2) is 54.6 Å². The maximum Gasteiger partial charge on any atom is 0.165 e. The SMILES string of the molecule is Fc1ccccc1OCCCNc1ccccc1. The molecule has 1 N–H and O–H groups in total. The van der Waals surface area contributed by atoms with Crippen molar-refractivity contribution in [3.63, 3.8) is 0 Å². The second-order valence-electron chi connectivity index (χ2n) is 3.93. The molecular weight excluding hydrogens is 229 g/mol. The lowest BCUT2D eigenvalue weighted by atomic mass is 10.3. The highest BCUT2D eigenvalue weighted by Gasteiger charge is 2.00. The first-order chi connectivity index (χ1) is 8.86. The fourth-order valence-electron chi connectivity index (χ4n) is 1.60. The minimum Gasteiger partial charge on any atom is -0.490 e. The summed E-state index contributed by atoms with van der Waals surface area (Å²) in [6.07, 6.45) is 0.823. The summed E-state index contributed by atoms with van der Waals surface area (Å²) in [5.74, 6) is 0.00531. The van der Waals surface area contributed by atoms with Crippen LogP contribution >= 0.6 is 0 Å². The van der Waals surface area contributed by atoms with Gasteiger partial charge in [0.1, 0.15) is 0 Å². The maximum absolute atomic E-state index is 13.2. The summed E-state index contributed by atoms with van der Waals surface area (Å²) in [5.41, 5.74) is 1.09. The number of halogens is 1. The molecule has 0 aliphatic carbocycles. The van der Waals surface area contributed by atoms with E-state index >= 15 is 0 Å². The van der Waals surface area contributed by atoms with E-state index in [1.807, 2.05) is 30.3 Å². The number of benzene rings is 2. The zero-order chi connectivity index (χ0) is 12.6. The van der Waals surface area contributed by atoms with E-state index in [0.717, 1.165) is 18.7 Å². The maximum atomic E-state index is 13.2. The molecule has 0 saturated carbocycles. The van der Waals surface area contributed by atoms with Crippen molar-refractivity contribution in [1.82, 2.24) is 0 Å². The molecule has 0 aliphatic heterocycles. The summed E-state index contributed by atoms with van der Waals surface area (Å²) < 4.78 is 18.6. The van der Waals surface area contributed by atoms with Crippen molar-refractivity contribution in [3.8, 4) is 5.75 Å². The lowest BCUT2D eigenvalue weighted by Crippen LogP contribution is -2.07. The van der Waals surface area contributed by atoms with E-state index < -0.39 is 0 Å². The zero-order valence-corrected chi connectivity index (χ0v) is 10.1. The van der Waals surface area contributed by atoms with Crippen molar-refractivity contribution in [1.29, 1.82) is 0 Å². The molecule has 0 bridgehead atoms. The normalized spacial score (nSPS) is 10.1. The Kier molecular flexibility index (Phi) is 4.59. The summed E-state index contributed by atoms with van der Waals surface area (Å²) in [5, 5.41) is 3.27. The summed E-state index contributed by atoms with van der Waals surface area (Å²) in [4.78, 5) is 0. The van der Waals surface area contributed by atoms with Gasteiger partial charge in [0, 0.05) is 12.2 Å². The molecule has 0 unspecified atom stereocenters. The van der Waals surface area contributed by atoms with Crippen LogP contribution in [0, 0.1) is 5.82 Å². The Balaban J connectivity index is 1.66. The fourth-order valence-corrected chi connectivity index (χ4v) is 1.60. The molecule has 0 amide bonds. The third-order valence-electron chi connectivity index (χ3n) is 2.52. The first-order valence-electron chi connectivity index (χ1n) is 6.02. The van der Waals surface area contributed by atoms with Gasteiger partial charge >= 0.3 is 0 Å². The van der Waals surface area contributed by atoms with Crippen molar-refractivity contribution >= 4 is 5.69 Å². The highest BCUT2D eigenvalue weighted by molar-refractivity contribution is 5.42. The Hall–Kier alpha value is -2.03. The predicted octanol–water partition coefficient (Wildman–Crippen LogP) is 3.71. The zero-order valence-electron chi connectivity index (χ0n) is 10.1. The van der Waals surface area contributed by atoms with Crippen LogP contribution in [0.3, 0.4) is 0 Å². The van der Waals surface area contributed by atoms with Gasteiger partial charge in [-0.1, -0.05) is 30.3 Å². The largest absolute Gasteiger partial charge is 0.490 e. The van der Waals surface area contributed by atoms with Crippen LogP contribution in [-0.4, -0.2) is 13.2 Å². The first-order valence-corrected chi connectivity index (χ1v) is 6.02. The monoisotopic (exact) mass is 245 g/mol. The molecule has 18 heavy (non-hydrogen) atoms. The van der Waals surface area contributed by atoms with Crippen LogP contribution in [0.5, 0.6) is 5.75 Å². The van der Waals surface area contributed by atoms with E-state index in [1.165, 1.54) is 6.07 Å². The van der Waals surface area contributed by atoms with Crippen molar-refractivity contribution in [2.24, 2.45) is 0 Å². The lowest BCUT2D eigenvalue weighted by Gasteiger charge is -2.08. The third-order valence-corrected chi connectivity index (χ3v) is 2.52. The number of rotatable bonds is 6. The number of ether oxygens (including phenoxy) is 1. The Morgan fingerprint density at radius 2 is 1.67 bits per heavy atom. The number of anilines is 1. The lowest BCUT2D eigenvalue weighted by molar-refractivity contribution is 0.299. The summed E-state index contributed by atoms with van der Waals surface area (Å²) in [6, 6.07) is 16.4. The standard InChI is InChI=1S/C15H16FNO/c16-14-9-4-5-10-15(14)18-12-6-11-17-13-7-2-1-3-8-13/h1-5,7-10,17H,6,11-12H2. The van der Waals surface area contributed by atoms with E-state index in [9.17, 15) is 4.39 Å². The van der Waals surface area contributed by atoms with Gasteiger partial charge in [0.15, 0.2) is 11.6 Å². The number of nitrogens with one attached hydrogen (secondary N) is 1. The average Bonchev–Trinajstić information content (AvgIpc) is 2.42. The van der Waals surface area contributed by atoms with Gasteiger partial charge in [0.25, 0.3) is 0 Å². The number of hydrogen-bond acceptors (Lipinski definition) is 2. The average molecular weight is 245 g/mol. The smallest absolute Gasteiger partial charge is 0.165 e. The van der Waals surface area contributed by atoms with Crippen molar-refractivity contribution in [2.75, 3.05) is 18.5 Å². The van der Waals surface area contributed by atoms with Crippen molar-refractivity contribution in [3.05, 3.63) is 60.4 Å². The second-order valence-corrected chi connectivity index (χ2v) is 3.93. The molecule has 2 nitrogen and oxygen atoms in total. The van der Waals surface area contributed by atoms with Crippen molar-refractivity contribution in [2.45, 2.75) is 6.42 Å². The molecule has 0 aromatic heterocycles. The van der Waals surface area contributed by atoms with Crippen LogP contribution in [0.4, 0.5) is 10.1 Å². The summed E-state index contributed by atoms with van der Waals surface area (Å²) in [6.45, 7) is 1.30. The van der Waals surface area contributed by atoms with Gasteiger partial charge in [-0.05, 0) is 30.7 Å². The first kappa shape index (κ1) is 12.4. The van der Waals surface area contributed by atoms with Gasteiger partial charge in [-0.15, -0.1) is 0 Å². The Labute approximate surface area is 106 Å². The van der Waals surface area contributed by atoms with E-state index in [2.05, 4.69) is 5.32 Å². The predicted molar refractivity (Wildman–Crippen MR) is 71.4 cm³/mol. The molecule has 2 rings (SSSR count). The Morgan fingerprint density at radius 3 is 2.44 bits per heavy atom. The highest BCUT2D eigenvalue weighted by atomic mass is 19.1. The fraction of sp³-hybridized carbons (Fsp3) is 0.200. The van der Waals surface area contributed by atoms with Gasteiger partial charge < -0.3 is 10.1 Å². The van der Waals surface area contributed by atoms with Gasteiger partial charge in [-0.25, -0.2) is 4.39 Å². The third kappa shape index (κ3) is 3.77. The van der Waals surface area contributed by atoms with Crippen LogP contribution < -0.4 is 10.1 Å². The van der Waals surface area contributed by atoms with E-state index in [0.29, 0.717) is 12.4 Å².